The average molecular weight is 285 g/mol. The first-order valence-corrected chi connectivity index (χ1v) is 8.63. The van der Waals surface area contributed by atoms with Crippen LogP contribution in [0.15, 0.2) is 29.8 Å². The van der Waals surface area contributed by atoms with Crippen molar-refractivity contribution in [1.82, 2.24) is 5.32 Å². The maximum Gasteiger partial charge on any atom is 0.0167 e. The molecule has 1 heteroatoms. The first-order valence-electron chi connectivity index (χ1n) is 8.63. The van der Waals surface area contributed by atoms with Crippen molar-refractivity contribution in [2.24, 2.45) is 11.8 Å². The highest BCUT2D eigenvalue weighted by Crippen LogP contribution is 2.30. The molecule has 0 spiro atoms. The highest BCUT2D eigenvalue weighted by Gasteiger charge is 2.17. The first kappa shape index (κ1) is 16.3. The van der Waals surface area contributed by atoms with Gasteiger partial charge in [0.05, 0.1) is 0 Å². The van der Waals surface area contributed by atoms with E-state index in [1.54, 1.807) is 5.57 Å². The van der Waals surface area contributed by atoms with Crippen molar-refractivity contribution in [3.63, 3.8) is 0 Å². The van der Waals surface area contributed by atoms with Crippen LogP contribution >= 0.6 is 0 Å². The fraction of sp³-hybridized carbons (Fsp3) is 0.600. The van der Waals surface area contributed by atoms with Crippen molar-refractivity contribution in [2.75, 3.05) is 13.6 Å². The molecule has 2 rings (SSSR count). The standard InChI is InChI=1S/C20H31N/c1-16(2)13-17-9-11-18(12-10-17)14-20(15-21-3)19-7-5-4-6-8-19/h9-12,14,16,19,21H,4-8,13,15H2,1-3H3/b20-14-. The number of likely N-dealkylation sites (N-methyl/N-ethyl adjacent to an activating group) is 1. The molecule has 1 aliphatic carbocycles. The number of hydrogen-bond donors (Lipinski definition) is 1. The van der Waals surface area contributed by atoms with Crippen LogP contribution in [0.25, 0.3) is 6.08 Å². The van der Waals surface area contributed by atoms with Gasteiger partial charge in [-0.15, -0.1) is 0 Å². The van der Waals surface area contributed by atoms with Crippen molar-refractivity contribution in [2.45, 2.75) is 52.4 Å². The molecule has 0 saturated heterocycles. The van der Waals surface area contributed by atoms with E-state index in [1.165, 1.54) is 49.7 Å². The van der Waals surface area contributed by atoms with Crippen LogP contribution < -0.4 is 5.32 Å². The second-order valence-corrected chi connectivity index (χ2v) is 6.92. The third kappa shape index (κ3) is 5.32. The summed E-state index contributed by atoms with van der Waals surface area (Å²) in [7, 11) is 2.06. The molecule has 0 atom stereocenters. The minimum Gasteiger partial charge on any atom is -0.316 e. The Morgan fingerprint density at radius 1 is 1.14 bits per heavy atom. The molecule has 1 aromatic carbocycles. The zero-order valence-electron chi connectivity index (χ0n) is 14.0. The summed E-state index contributed by atoms with van der Waals surface area (Å²) in [6, 6.07) is 9.17. The molecule has 21 heavy (non-hydrogen) atoms. The van der Waals surface area contributed by atoms with Crippen LogP contribution in [0.1, 0.15) is 57.1 Å². The second-order valence-electron chi connectivity index (χ2n) is 6.92. The molecular weight excluding hydrogens is 254 g/mol. The second kappa shape index (κ2) is 8.38. The zero-order chi connectivity index (χ0) is 15.1. The van der Waals surface area contributed by atoms with Gasteiger partial charge in [-0.05, 0) is 49.3 Å². The third-order valence-electron chi connectivity index (χ3n) is 4.49. The number of hydrogen-bond acceptors (Lipinski definition) is 1. The molecule has 1 saturated carbocycles. The molecule has 0 radical (unpaired) electrons. The van der Waals surface area contributed by atoms with Crippen molar-refractivity contribution in [3.05, 3.63) is 41.0 Å². The lowest BCUT2D eigenvalue weighted by molar-refractivity contribution is 0.398. The van der Waals surface area contributed by atoms with E-state index in [-0.39, 0.29) is 0 Å². The van der Waals surface area contributed by atoms with Gasteiger partial charge < -0.3 is 5.32 Å². The summed E-state index contributed by atoms with van der Waals surface area (Å²) >= 11 is 0. The van der Waals surface area contributed by atoms with Gasteiger partial charge in [-0.1, -0.05) is 69.0 Å². The Morgan fingerprint density at radius 3 is 2.38 bits per heavy atom. The molecular formula is C20H31N. The predicted molar refractivity (Wildman–Crippen MR) is 93.5 cm³/mol. The summed E-state index contributed by atoms with van der Waals surface area (Å²) in [4.78, 5) is 0. The van der Waals surface area contributed by atoms with Gasteiger partial charge in [0.1, 0.15) is 0 Å². The highest BCUT2D eigenvalue weighted by molar-refractivity contribution is 5.54. The van der Waals surface area contributed by atoms with Gasteiger partial charge in [0, 0.05) is 6.54 Å². The topological polar surface area (TPSA) is 12.0 Å². The van der Waals surface area contributed by atoms with Crippen molar-refractivity contribution >= 4 is 6.08 Å². The summed E-state index contributed by atoms with van der Waals surface area (Å²) in [6.07, 6.45) is 10.6. The highest BCUT2D eigenvalue weighted by atomic mass is 14.8. The molecule has 0 bridgehead atoms. The van der Waals surface area contributed by atoms with E-state index in [1.807, 2.05) is 0 Å². The van der Waals surface area contributed by atoms with E-state index in [9.17, 15) is 0 Å². The molecule has 0 amide bonds. The Balaban J connectivity index is 2.09. The molecule has 0 aromatic heterocycles. The average Bonchev–Trinajstić information content (AvgIpc) is 2.49. The molecule has 1 N–H and O–H groups in total. The Kier molecular flexibility index (Phi) is 6.50. The van der Waals surface area contributed by atoms with E-state index in [0.29, 0.717) is 0 Å². The summed E-state index contributed by atoms with van der Waals surface area (Å²) in [5.41, 5.74) is 4.40. The fourth-order valence-corrected chi connectivity index (χ4v) is 3.43. The minimum atomic E-state index is 0.730. The van der Waals surface area contributed by atoms with Gasteiger partial charge in [0.2, 0.25) is 0 Å². The zero-order valence-corrected chi connectivity index (χ0v) is 14.0. The molecule has 0 aliphatic heterocycles. The van der Waals surface area contributed by atoms with E-state index in [2.05, 4.69) is 56.6 Å². The van der Waals surface area contributed by atoms with Gasteiger partial charge >= 0.3 is 0 Å². The molecule has 116 valence electrons. The van der Waals surface area contributed by atoms with Gasteiger partial charge in [-0.2, -0.15) is 0 Å². The Hall–Kier alpha value is -1.08. The Labute approximate surface area is 130 Å². The van der Waals surface area contributed by atoms with Gasteiger partial charge in [-0.3, -0.25) is 0 Å². The molecule has 0 unspecified atom stereocenters. The number of nitrogens with one attached hydrogen (secondary N) is 1. The van der Waals surface area contributed by atoms with Crippen LogP contribution in [0.4, 0.5) is 0 Å². The largest absolute Gasteiger partial charge is 0.316 e. The maximum atomic E-state index is 3.35. The predicted octanol–water partition coefficient (Wildman–Crippen LogP) is 5.07. The lowest BCUT2D eigenvalue weighted by Gasteiger charge is -2.24. The summed E-state index contributed by atoms with van der Waals surface area (Å²) in [6.45, 7) is 5.59. The van der Waals surface area contributed by atoms with Gasteiger partial charge in [-0.25, -0.2) is 0 Å². The number of benzene rings is 1. The Morgan fingerprint density at radius 2 is 1.81 bits per heavy atom. The molecule has 0 heterocycles. The van der Waals surface area contributed by atoms with Crippen LogP contribution in [-0.4, -0.2) is 13.6 Å². The molecule has 1 aliphatic rings. The van der Waals surface area contributed by atoms with Gasteiger partial charge in [0.25, 0.3) is 0 Å². The van der Waals surface area contributed by atoms with E-state index < -0.39 is 0 Å². The fourth-order valence-electron chi connectivity index (χ4n) is 3.43. The van der Waals surface area contributed by atoms with Crippen molar-refractivity contribution < 1.29 is 0 Å². The van der Waals surface area contributed by atoms with Crippen LogP contribution in [0.5, 0.6) is 0 Å². The minimum absolute atomic E-state index is 0.730. The van der Waals surface area contributed by atoms with E-state index in [4.69, 9.17) is 0 Å². The van der Waals surface area contributed by atoms with Gasteiger partial charge in [0.15, 0.2) is 0 Å². The third-order valence-corrected chi connectivity index (χ3v) is 4.49. The summed E-state index contributed by atoms with van der Waals surface area (Å²) in [5.74, 6) is 1.52. The SMILES string of the molecule is CNC/C(=C/c1ccc(CC(C)C)cc1)C1CCCCC1. The van der Waals surface area contributed by atoms with Crippen molar-refractivity contribution in [1.29, 1.82) is 0 Å². The van der Waals surface area contributed by atoms with Crippen LogP contribution in [0.3, 0.4) is 0 Å². The molecule has 1 aromatic rings. The number of rotatable bonds is 6. The van der Waals surface area contributed by atoms with Crippen LogP contribution in [0, 0.1) is 11.8 Å². The normalized spacial score (nSPS) is 17.4. The first-order chi connectivity index (χ1) is 10.2. The van der Waals surface area contributed by atoms with Crippen molar-refractivity contribution in [3.8, 4) is 0 Å². The Bertz CT molecular complexity index is 435. The maximum absolute atomic E-state index is 3.35. The molecule has 1 nitrogen and oxygen atoms in total. The van der Waals surface area contributed by atoms with Crippen LogP contribution in [-0.2, 0) is 6.42 Å². The lowest BCUT2D eigenvalue weighted by atomic mass is 9.83. The summed E-state index contributed by atoms with van der Waals surface area (Å²) in [5, 5.41) is 3.35. The van der Waals surface area contributed by atoms with Crippen LogP contribution in [0.2, 0.25) is 0 Å². The lowest BCUT2D eigenvalue weighted by Crippen LogP contribution is -2.19. The molecule has 1 fully saturated rings. The van der Waals surface area contributed by atoms with E-state index >= 15 is 0 Å². The smallest absolute Gasteiger partial charge is 0.0167 e. The quantitative estimate of drug-likeness (QED) is 0.769. The summed E-state index contributed by atoms with van der Waals surface area (Å²) < 4.78 is 0. The van der Waals surface area contributed by atoms with E-state index in [0.717, 1.165) is 18.4 Å². The monoisotopic (exact) mass is 285 g/mol.